The van der Waals surface area contributed by atoms with Gasteiger partial charge in [0, 0.05) is 36.8 Å². The van der Waals surface area contributed by atoms with Crippen molar-refractivity contribution in [3.8, 4) is 0 Å². The average Bonchev–Trinajstić information content (AvgIpc) is 3.02. The number of hydrogen-bond donors (Lipinski definition) is 3. The van der Waals surface area contributed by atoms with E-state index < -0.39 is 133 Å². The maximum absolute atomic E-state index is 14.1. The predicted molar refractivity (Wildman–Crippen MR) is 97.1 cm³/mol. The summed E-state index contributed by atoms with van der Waals surface area (Å²) in [6.07, 6.45) is -8.92. The van der Waals surface area contributed by atoms with Crippen LogP contribution in [0.1, 0.15) is 70.6 Å². The van der Waals surface area contributed by atoms with Crippen molar-refractivity contribution >= 4 is 17.7 Å². The number of benzene rings is 1. The fourth-order valence-corrected chi connectivity index (χ4v) is 1.52. The van der Waals surface area contributed by atoms with Gasteiger partial charge in [0.05, 0.1) is 9.60 Å². The molecule has 0 unspecified atom stereocenters. The first-order chi connectivity index (χ1) is 23.1. The van der Waals surface area contributed by atoms with Crippen LogP contribution in [-0.2, 0) is 20.8 Å². The van der Waals surface area contributed by atoms with Crippen molar-refractivity contribution in [3.63, 3.8) is 0 Å². The van der Waals surface area contributed by atoms with Crippen molar-refractivity contribution in [2.24, 2.45) is 5.89 Å². The molecule has 142 valence electrons. The number of nitrogens with one attached hydrogen (secondary N) is 2. The van der Waals surface area contributed by atoms with Gasteiger partial charge in [-0.3, -0.25) is 14.4 Å². The summed E-state index contributed by atoms with van der Waals surface area (Å²) in [6, 6.07) is -15.8. The summed E-state index contributed by atoms with van der Waals surface area (Å²) in [4.78, 5) is 40.6. The molecule has 3 atom stereocenters. The molecule has 1 aliphatic rings. The summed E-state index contributed by atoms with van der Waals surface area (Å²) in [5.41, 5.74) is -3.69. The van der Waals surface area contributed by atoms with Crippen molar-refractivity contribution in [1.29, 1.82) is 1.43 Å². The number of fused-ring (bicyclic) bond motifs is 1. The Hall–Kier alpha value is -2.41. The Kier molecular flexibility index (Phi) is 1.45. The molecule has 1 aliphatic heterocycles. The van der Waals surface area contributed by atoms with Crippen molar-refractivity contribution in [1.82, 2.24) is 15.5 Å². The van der Waals surface area contributed by atoms with E-state index in [1.165, 1.54) is 0 Å². The van der Waals surface area contributed by atoms with Gasteiger partial charge in [0.15, 0.2) is 2.82 Å². The summed E-state index contributed by atoms with van der Waals surface area (Å²) in [7, 11) is 0. The first-order valence-corrected chi connectivity index (χ1v) is 6.38. The third-order valence-electron chi connectivity index (χ3n) is 2.67. The van der Waals surface area contributed by atoms with Gasteiger partial charge in [-0.25, -0.2) is 0 Å². The van der Waals surface area contributed by atoms with Crippen molar-refractivity contribution in [2.45, 2.75) is 45.0 Å². The smallest absolute Gasteiger partial charge is 0.249 e. The largest absolute Gasteiger partial charge is 0.383 e. The van der Waals surface area contributed by atoms with Crippen LogP contribution in [0.4, 0.5) is 0 Å². The Morgan fingerprint density at radius 1 is 1.50 bits per heavy atom. The van der Waals surface area contributed by atoms with Crippen molar-refractivity contribution in [3.05, 3.63) is 35.3 Å². The molecule has 1 aromatic rings. The second-order valence-electron chi connectivity index (χ2n) is 4.36. The van der Waals surface area contributed by atoms with E-state index >= 15 is 0 Å². The molecule has 0 aromatic heterocycles. The van der Waals surface area contributed by atoms with Crippen LogP contribution in [0.5, 0.6) is 0 Å². The zero-order valence-corrected chi connectivity index (χ0v) is 12.5. The predicted octanol–water partition coefficient (Wildman–Crippen LogP) is 0.380. The quantitative estimate of drug-likeness (QED) is 0.656. The Balaban J connectivity index is 3.21. The fourth-order valence-electron chi connectivity index (χ4n) is 1.52. The molecule has 3 amide bonds. The third-order valence-corrected chi connectivity index (χ3v) is 2.67. The van der Waals surface area contributed by atoms with Gasteiger partial charge in [-0.2, -0.15) is 0 Å². The maximum Gasteiger partial charge on any atom is 0.249 e. The Labute approximate surface area is 191 Å². The highest BCUT2D eigenvalue weighted by Crippen LogP contribution is 2.24. The highest BCUT2D eigenvalue weighted by atomic mass is 16.3. The van der Waals surface area contributed by atoms with E-state index in [-0.39, 0.29) is 0 Å². The Morgan fingerprint density at radius 3 is 3.00 bits per heavy atom. The monoisotopic (exact) mass is 388 g/mol. The van der Waals surface area contributed by atoms with Gasteiger partial charge in [0.25, 0.3) is 0 Å². The second kappa shape index (κ2) is 8.31. The first kappa shape index (κ1) is 4.52. The number of hydrogen-bond acceptors (Lipinski definition) is 4. The lowest BCUT2D eigenvalue weighted by atomic mass is 9.99. The molecule has 0 spiro atoms. The van der Waals surface area contributed by atoms with Gasteiger partial charge in [0.1, 0.15) is 18.1 Å². The normalized spacial score (nSPS) is 45.9. The van der Waals surface area contributed by atoms with Crippen LogP contribution >= 0.6 is 0 Å². The zero-order valence-electron chi connectivity index (χ0n) is 39.5. The molecule has 2 rings (SSSR count). The van der Waals surface area contributed by atoms with Crippen molar-refractivity contribution in [2.75, 3.05) is 13.5 Å². The first-order valence-electron chi connectivity index (χ1n) is 19.7. The lowest BCUT2D eigenvalue weighted by Crippen LogP contribution is -2.51. The second-order valence-corrected chi connectivity index (χ2v) is 4.36. The zero-order chi connectivity index (χ0) is 42.6. The van der Waals surface area contributed by atoms with Crippen LogP contribution < -0.4 is 10.6 Å². The summed E-state index contributed by atoms with van der Waals surface area (Å²) >= 11 is 0. The van der Waals surface area contributed by atoms with E-state index in [9.17, 15) is 14.4 Å². The van der Waals surface area contributed by atoms with Crippen LogP contribution in [0.15, 0.2) is 24.2 Å². The molecule has 1 aromatic carbocycles. The van der Waals surface area contributed by atoms with E-state index in [0.717, 1.165) is 0 Å². The number of carbonyl (C=O) groups excluding carboxylic acids is 3. The highest BCUT2D eigenvalue weighted by Gasteiger charge is 2.32. The maximum atomic E-state index is 14.1. The van der Waals surface area contributed by atoms with Crippen LogP contribution in [0.25, 0.3) is 0 Å². The molecule has 0 aliphatic carbocycles. The summed E-state index contributed by atoms with van der Waals surface area (Å²) in [6.45, 7) is -21.9. The molecule has 0 saturated carbocycles. The minimum atomic E-state index is -4.98. The van der Waals surface area contributed by atoms with Gasteiger partial charge >= 0.3 is 0 Å². The Morgan fingerprint density at radius 2 is 2.31 bits per heavy atom. The summed E-state index contributed by atoms with van der Waals surface area (Å²) in [5.74, 6) is -13.6. The van der Waals surface area contributed by atoms with Gasteiger partial charge in [-0.05, 0) is 30.2 Å². The molecule has 3 N–H and O–H groups in total. The van der Waals surface area contributed by atoms with Crippen LogP contribution in [0.2, 0.25) is 2.82 Å². The molecule has 26 heavy (non-hydrogen) atoms. The van der Waals surface area contributed by atoms with Crippen LogP contribution in [0, 0.1) is 5.89 Å². The van der Waals surface area contributed by atoms with E-state index in [0.29, 0.717) is 0 Å². The summed E-state index contributed by atoms with van der Waals surface area (Å²) < 4.78 is 216. The van der Waals surface area contributed by atoms with E-state index in [2.05, 4.69) is 5.11 Å². The number of aliphatic hydroxyl groups is 1. The minimum Gasteiger partial charge on any atom is -0.383 e. The van der Waals surface area contributed by atoms with Gasteiger partial charge in [0.2, 0.25) is 19.2 Å². The van der Waals surface area contributed by atoms with Crippen LogP contribution in [-0.4, -0.2) is 54.7 Å². The minimum absolute atomic E-state index is 1.07. The molecule has 1 heterocycles. The molecule has 7 heteroatoms. The third kappa shape index (κ3) is 4.40. The SMILES string of the molecule is [2H]O[C@]([2H])(C(=O)N([2H])[C@]([2H])(C(=O)N([2H])[C@]1([2H])C(=O)N(C([2H])([2H])[2H])C([2H])([2H])C([2H])([2H])c2c([2H])c([2H])c([2H])c([2H])c21)C([2H])([2H])[2H])C([2H])(C([2H])([2H])[2H])C([2H])([2H])[2H]. The van der Waals surface area contributed by atoms with E-state index in [1.54, 1.807) is 0 Å². The molecule has 7 nitrogen and oxygen atoms in total. The van der Waals surface area contributed by atoms with E-state index in [4.69, 9.17) is 37.2 Å². The van der Waals surface area contributed by atoms with Crippen molar-refractivity contribution < 1.29 is 55.2 Å². The molecule has 0 radical (unpaired) electrons. The number of nitrogens with zero attached hydrogens (tertiary/aromatic N) is 1. The van der Waals surface area contributed by atoms with Gasteiger partial charge < -0.3 is 20.6 Å². The lowest BCUT2D eigenvalue weighted by molar-refractivity contribution is -0.137. The van der Waals surface area contributed by atoms with E-state index in [1.807, 2.05) is 0 Å². The number of rotatable bonds is 6. The fraction of sp³-hybridized carbons (Fsp3) is 0.526. The standard InChI is InChI=1S/C19H27N3O4/c1-11(2)16(23)18(25)20-12(3)17(24)21-15-14-8-6-5-7-13(14)9-10-22(4)19(15)26/h5-8,11-12,15-16,23H,9-10H2,1-4H3,(H,20,25)(H,21,24)/t12-,15-,16-/m0/s1/i1D3,2D3,3D3,4D3,5D,6D,7D,8D,9D2,10D2,11D,12D,15D,16D,23D/hD2. The molecule has 0 saturated heterocycles. The highest BCUT2D eigenvalue weighted by molar-refractivity contribution is 5.93. The molecular weight excluding hydrogens is 334 g/mol. The molecular formula is C19H27N3O4. The number of carbonyl (C=O) groups is 3. The van der Waals surface area contributed by atoms with Gasteiger partial charge in [-0.1, -0.05) is 37.9 Å². The average molecular weight is 389 g/mol. The number of likely N-dealkylation sites (N-methyl/N-ethyl adjacent to an activating group) is 1. The number of amides is 3. The Bertz CT molecular complexity index is 1670. The molecule has 0 bridgehead atoms. The van der Waals surface area contributed by atoms with Gasteiger partial charge in [-0.15, -0.1) is 0 Å². The lowest BCUT2D eigenvalue weighted by Gasteiger charge is -2.24. The summed E-state index contributed by atoms with van der Waals surface area (Å²) in [5, 5.41) is 0.746. The topological polar surface area (TPSA) is 98.7 Å². The molecule has 0 fully saturated rings. The van der Waals surface area contributed by atoms with Crippen LogP contribution in [0.3, 0.4) is 0 Å².